The second-order valence-electron chi connectivity index (χ2n) is 6.11. The van der Waals surface area contributed by atoms with Crippen molar-refractivity contribution < 1.29 is 8.42 Å². The number of nitrogens with one attached hydrogen (secondary N) is 2. The SMILES string of the molecule is CC(C)c1cc2c(-c3ccc(S(=O)(=O)NCCI)cc3)ccnc2[nH]1. The predicted molar refractivity (Wildman–Crippen MR) is 110 cm³/mol. The fraction of sp³-hybridized carbons (Fsp3) is 0.278. The standard InChI is InChI=1S/C18H20IN3O2S/c1-12(2)17-11-16-15(7-9-20-18(16)22-17)13-3-5-14(6-4-13)25(23,24)21-10-8-19/h3-7,9,11-12,21H,8,10H2,1-2H3,(H,20,22). The average Bonchev–Trinajstić information content (AvgIpc) is 3.05. The molecule has 0 aliphatic heterocycles. The number of rotatable bonds is 6. The fourth-order valence-corrected chi connectivity index (χ4v) is 4.35. The summed E-state index contributed by atoms with van der Waals surface area (Å²) in [6.45, 7) is 4.69. The highest BCUT2D eigenvalue weighted by Crippen LogP contribution is 2.30. The Balaban J connectivity index is 1.99. The monoisotopic (exact) mass is 469 g/mol. The van der Waals surface area contributed by atoms with Crippen LogP contribution in [0.5, 0.6) is 0 Å². The summed E-state index contributed by atoms with van der Waals surface area (Å²) in [6.07, 6.45) is 1.77. The molecule has 0 radical (unpaired) electrons. The number of pyridine rings is 1. The molecule has 0 spiro atoms. The van der Waals surface area contributed by atoms with Gasteiger partial charge in [-0.05, 0) is 41.3 Å². The highest BCUT2D eigenvalue weighted by atomic mass is 127. The van der Waals surface area contributed by atoms with Crippen LogP contribution in [0.25, 0.3) is 22.2 Å². The van der Waals surface area contributed by atoms with Gasteiger partial charge in [-0.15, -0.1) is 0 Å². The van der Waals surface area contributed by atoms with Gasteiger partial charge in [-0.3, -0.25) is 0 Å². The zero-order chi connectivity index (χ0) is 18.0. The first kappa shape index (κ1) is 18.3. The first-order valence-electron chi connectivity index (χ1n) is 8.06. The molecule has 0 saturated carbocycles. The molecule has 2 aromatic heterocycles. The number of H-pyrrole nitrogens is 1. The molecular formula is C18H20IN3O2S. The van der Waals surface area contributed by atoms with E-state index in [2.05, 4.69) is 57.2 Å². The Morgan fingerprint density at radius 2 is 1.92 bits per heavy atom. The smallest absolute Gasteiger partial charge is 0.240 e. The lowest BCUT2D eigenvalue weighted by Gasteiger charge is -2.07. The molecule has 0 fully saturated rings. The Morgan fingerprint density at radius 1 is 1.20 bits per heavy atom. The van der Waals surface area contributed by atoms with E-state index in [0.717, 1.165) is 32.3 Å². The van der Waals surface area contributed by atoms with E-state index in [0.29, 0.717) is 12.5 Å². The van der Waals surface area contributed by atoms with Gasteiger partial charge in [0.1, 0.15) is 5.65 Å². The zero-order valence-electron chi connectivity index (χ0n) is 14.1. The molecule has 0 atom stereocenters. The maximum Gasteiger partial charge on any atom is 0.240 e. The first-order chi connectivity index (χ1) is 11.9. The number of alkyl halides is 1. The van der Waals surface area contributed by atoms with Crippen LogP contribution >= 0.6 is 22.6 Å². The number of fused-ring (bicyclic) bond motifs is 1. The molecule has 25 heavy (non-hydrogen) atoms. The van der Waals surface area contributed by atoms with E-state index in [1.54, 1.807) is 18.3 Å². The molecule has 0 aliphatic carbocycles. The second-order valence-corrected chi connectivity index (χ2v) is 8.96. The molecule has 0 saturated heterocycles. The summed E-state index contributed by atoms with van der Waals surface area (Å²) >= 11 is 2.14. The molecule has 0 amide bonds. The molecule has 0 aliphatic rings. The van der Waals surface area contributed by atoms with E-state index in [1.807, 2.05) is 18.2 Å². The van der Waals surface area contributed by atoms with Crippen LogP contribution < -0.4 is 4.72 Å². The number of aromatic amines is 1. The summed E-state index contributed by atoms with van der Waals surface area (Å²) < 4.78 is 27.7. The van der Waals surface area contributed by atoms with Crippen LogP contribution in [0.15, 0.2) is 47.5 Å². The second kappa shape index (κ2) is 7.43. The normalized spacial score (nSPS) is 12.2. The lowest BCUT2D eigenvalue weighted by Crippen LogP contribution is -2.25. The van der Waals surface area contributed by atoms with Crippen molar-refractivity contribution in [3.05, 3.63) is 48.3 Å². The molecule has 2 heterocycles. The van der Waals surface area contributed by atoms with Gasteiger partial charge >= 0.3 is 0 Å². The highest BCUT2D eigenvalue weighted by molar-refractivity contribution is 14.1. The largest absolute Gasteiger partial charge is 0.343 e. The van der Waals surface area contributed by atoms with E-state index >= 15 is 0 Å². The van der Waals surface area contributed by atoms with Crippen molar-refractivity contribution in [2.24, 2.45) is 0 Å². The van der Waals surface area contributed by atoms with E-state index in [9.17, 15) is 8.42 Å². The first-order valence-corrected chi connectivity index (χ1v) is 11.1. The van der Waals surface area contributed by atoms with Gasteiger partial charge in [-0.2, -0.15) is 0 Å². The van der Waals surface area contributed by atoms with Crippen LogP contribution in [0.2, 0.25) is 0 Å². The molecule has 3 rings (SSSR count). The highest BCUT2D eigenvalue weighted by Gasteiger charge is 2.14. The van der Waals surface area contributed by atoms with Crippen molar-refractivity contribution in [2.45, 2.75) is 24.7 Å². The molecule has 132 valence electrons. The van der Waals surface area contributed by atoms with Crippen LogP contribution in [0.1, 0.15) is 25.5 Å². The fourth-order valence-electron chi connectivity index (χ4n) is 2.68. The van der Waals surface area contributed by atoms with Gasteiger partial charge in [0.2, 0.25) is 10.0 Å². The molecule has 1 aromatic carbocycles. The minimum Gasteiger partial charge on any atom is -0.343 e. The molecule has 5 nitrogen and oxygen atoms in total. The summed E-state index contributed by atoms with van der Waals surface area (Å²) in [4.78, 5) is 8.03. The number of hydrogen-bond donors (Lipinski definition) is 2. The topological polar surface area (TPSA) is 74.8 Å². The van der Waals surface area contributed by atoms with Gasteiger partial charge < -0.3 is 4.98 Å². The maximum atomic E-state index is 12.2. The van der Waals surface area contributed by atoms with Crippen molar-refractivity contribution in [2.75, 3.05) is 11.0 Å². The summed E-state index contributed by atoms with van der Waals surface area (Å²) in [6, 6.07) is 11.1. The van der Waals surface area contributed by atoms with Crippen molar-refractivity contribution >= 4 is 43.6 Å². The quantitative estimate of drug-likeness (QED) is 0.422. The lowest BCUT2D eigenvalue weighted by atomic mass is 10.0. The van der Waals surface area contributed by atoms with E-state index in [1.165, 1.54) is 0 Å². The minimum atomic E-state index is -3.44. The third-order valence-electron chi connectivity index (χ3n) is 4.04. The Labute approximate surface area is 161 Å². The van der Waals surface area contributed by atoms with Gasteiger partial charge in [0, 0.05) is 28.2 Å². The Kier molecular flexibility index (Phi) is 5.45. The molecule has 2 N–H and O–H groups in total. The number of aromatic nitrogens is 2. The number of benzene rings is 1. The van der Waals surface area contributed by atoms with E-state index in [-0.39, 0.29) is 4.90 Å². The third kappa shape index (κ3) is 3.88. The Hall–Kier alpha value is -1.45. The van der Waals surface area contributed by atoms with Crippen molar-refractivity contribution in [3.63, 3.8) is 0 Å². The van der Waals surface area contributed by atoms with Crippen molar-refractivity contribution in [1.82, 2.24) is 14.7 Å². The molecule has 0 unspecified atom stereocenters. The van der Waals surface area contributed by atoms with E-state index < -0.39 is 10.0 Å². The molecule has 7 heteroatoms. The number of halogens is 1. The maximum absolute atomic E-state index is 12.2. The molecule has 3 aromatic rings. The van der Waals surface area contributed by atoms with Gasteiger partial charge in [-0.1, -0.05) is 48.6 Å². The lowest BCUT2D eigenvalue weighted by molar-refractivity contribution is 0.584. The summed E-state index contributed by atoms with van der Waals surface area (Å²) in [5.41, 5.74) is 3.99. The van der Waals surface area contributed by atoms with Crippen molar-refractivity contribution in [3.8, 4) is 11.1 Å². The van der Waals surface area contributed by atoms with Gasteiger partial charge in [0.15, 0.2) is 0 Å². The Bertz CT molecular complexity index is 979. The summed E-state index contributed by atoms with van der Waals surface area (Å²) in [5.74, 6) is 0.388. The third-order valence-corrected chi connectivity index (χ3v) is 6.05. The summed E-state index contributed by atoms with van der Waals surface area (Å²) in [5, 5.41) is 1.05. The van der Waals surface area contributed by atoms with E-state index in [4.69, 9.17) is 0 Å². The summed E-state index contributed by atoms with van der Waals surface area (Å²) in [7, 11) is -3.44. The minimum absolute atomic E-state index is 0.281. The van der Waals surface area contributed by atoms with Crippen LogP contribution in [-0.4, -0.2) is 29.4 Å². The number of nitrogens with zero attached hydrogens (tertiary/aromatic N) is 1. The van der Waals surface area contributed by atoms with Gasteiger partial charge in [0.25, 0.3) is 0 Å². The zero-order valence-corrected chi connectivity index (χ0v) is 17.1. The number of hydrogen-bond acceptors (Lipinski definition) is 3. The van der Waals surface area contributed by atoms with Gasteiger partial charge in [-0.25, -0.2) is 18.1 Å². The number of sulfonamides is 1. The molecule has 0 bridgehead atoms. The van der Waals surface area contributed by atoms with Crippen LogP contribution in [0.3, 0.4) is 0 Å². The van der Waals surface area contributed by atoms with Crippen LogP contribution in [0.4, 0.5) is 0 Å². The molecular weight excluding hydrogens is 449 g/mol. The average molecular weight is 469 g/mol. The van der Waals surface area contributed by atoms with Crippen molar-refractivity contribution in [1.29, 1.82) is 0 Å². The van der Waals surface area contributed by atoms with Crippen LogP contribution in [0, 0.1) is 0 Å². The Morgan fingerprint density at radius 3 is 2.56 bits per heavy atom. The van der Waals surface area contributed by atoms with Crippen LogP contribution in [-0.2, 0) is 10.0 Å². The predicted octanol–water partition coefficient (Wildman–Crippen LogP) is 4.07. The van der Waals surface area contributed by atoms with Gasteiger partial charge in [0.05, 0.1) is 4.90 Å².